The third-order valence-electron chi connectivity index (χ3n) is 4.05. The van der Waals surface area contributed by atoms with Gasteiger partial charge in [-0.25, -0.2) is 0 Å². The van der Waals surface area contributed by atoms with Gasteiger partial charge >= 0.3 is 0 Å². The summed E-state index contributed by atoms with van der Waals surface area (Å²) in [4.78, 5) is 25.3. The van der Waals surface area contributed by atoms with Crippen LogP contribution in [0.4, 0.5) is 5.69 Å². The fourth-order valence-electron chi connectivity index (χ4n) is 2.83. The van der Waals surface area contributed by atoms with Crippen LogP contribution in [0, 0.1) is 13.8 Å². The maximum absolute atomic E-state index is 12.1. The number of anilines is 1. The van der Waals surface area contributed by atoms with Gasteiger partial charge < -0.3 is 10.6 Å². The first-order chi connectivity index (χ1) is 12.0. The van der Waals surface area contributed by atoms with Crippen LogP contribution in [0.3, 0.4) is 0 Å². The summed E-state index contributed by atoms with van der Waals surface area (Å²) in [6, 6.07) is 9.68. The van der Waals surface area contributed by atoms with E-state index in [1.54, 1.807) is 0 Å². The molecule has 1 aliphatic rings. The Bertz CT molecular complexity index is 787. The molecule has 0 aliphatic carbocycles. The molecule has 2 aromatic rings. The first kappa shape index (κ1) is 17.5. The zero-order valence-electron chi connectivity index (χ0n) is 14.4. The summed E-state index contributed by atoms with van der Waals surface area (Å²) >= 11 is 1.45. The maximum atomic E-state index is 12.1. The van der Waals surface area contributed by atoms with Crippen molar-refractivity contribution in [1.29, 1.82) is 0 Å². The SMILES string of the molecule is Cc1cc(C)n(CCCNC(=O)C[C@H]2Sc3ccccc3NC2=O)n1. The van der Waals surface area contributed by atoms with E-state index in [9.17, 15) is 9.59 Å². The van der Waals surface area contributed by atoms with Crippen LogP contribution >= 0.6 is 11.8 Å². The molecule has 3 rings (SSSR count). The molecule has 0 bridgehead atoms. The molecule has 7 heteroatoms. The standard InChI is InChI=1S/C18H22N4O2S/c1-12-10-13(2)22(21-12)9-5-8-19-17(23)11-16-18(24)20-14-6-3-4-7-15(14)25-16/h3-4,6-7,10,16H,5,8-9,11H2,1-2H3,(H,19,23)(H,20,24)/t16-/m1/s1. The largest absolute Gasteiger partial charge is 0.356 e. The zero-order chi connectivity index (χ0) is 17.8. The van der Waals surface area contributed by atoms with Crippen molar-refractivity contribution in [2.75, 3.05) is 11.9 Å². The molecule has 1 atom stereocenters. The fourth-order valence-corrected chi connectivity index (χ4v) is 3.94. The van der Waals surface area contributed by atoms with Crippen LogP contribution in [0.5, 0.6) is 0 Å². The number of hydrogen-bond donors (Lipinski definition) is 2. The second-order valence-corrected chi connectivity index (χ2v) is 7.39. The Balaban J connectivity index is 1.43. The molecule has 0 saturated heterocycles. The Morgan fingerprint density at radius 3 is 2.92 bits per heavy atom. The lowest BCUT2D eigenvalue weighted by Gasteiger charge is -2.23. The molecule has 6 nitrogen and oxygen atoms in total. The van der Waals surface area contributed by atoms with Crippen molar-refractivity contribution in [2.45, 2.75) is 43.4 Å². The summed E-state index contributed by atoms with van der Waals surface area (Å²) in [7, 11) is 0. The van der Waals surface area contributed by atoms with Gasteiger partial charge in [0.2, 0.25) is 11.8 Å². The molecule has 25 heavy (non-hydrogen) atoms. The number of amides is 2. The zero-order valence-corrected chi connectivity index (χ0v) is 15.2. The highest BCUT2D eigenvalue weighted by molar-refractivity contribution is 8.01. The molecular weight excluding hydrogens is 336 g/mol. The molecule has 1 aromatic carbocycles. The Morgan fingerprint density at radius 2 is 2.16 bits per heavy atom. The quantitative estimate of drug-likeness (QED) is 0.778. The van der Waals surface area contributed by atoms with Crippen molar-refractivity contribution in [1.82, 2.24) is 15.1 Å². The first-order valence-electron chi connectivity index (χ1n) is 8.37. The predicted molar refractivity (Wildman–Crippen MR) is 98.7 cm³/mol. The van der Waals surface area contributed by atoms with E-state index in [1.807, 2.05) is 48.9 Å². The summed E-state index contributed by atoms with van der Waals surface area (Å²) in [5.41, 5.74) is 2.94. The summed E-state index contributed by atoms with van der Waals surface area (Å²) in [5.74, 6) is -0.207. The van der Waals surface area contributed by atoms with Gasteiger partial charge in [0.05, 0.1) is 16.6 Å². The summed E-state index contributed by atoms with van der Waals surface area (Å²) < 4.78 is 1.95. The number of rotatable bonds is 6. The minimum atomic E-state index is -0.383. The van der Waals surface area contributed by atoms with Crippen LogP contribution in [0.1, 0.15) is 24.2 Å². The Labute approximate surface area is 151 Å². The molecule has 1 aliphatic heterocycles. The van der Waals surface area contributed by atoms with Gasteiger partial charge in [-0.3, -0.25) is 14.3 Å². The monoisotopic (exact) mass is 358 g/mol. The number of aromatic nitrogens is 2. The minimum Gasteiger partial charge on any atom is -0.356 e. The second-order valence-electron chi connectivity index (χ2n) is 6.15. The summed E-state index contributed by atoms with van der Waals surface area (Å²) in [6.45, 7) is 5.34. The van der Waals surface area contributed by atoms with Gasteiger partial charge in [-0.15, -0.1) is 11.8 Å². The smallest absolute Gasteiger partial charge is 0.238 e. The van der Waals surface area contributed by atoms with E-state index in [2.05, 4.69) is 15.7 Å². The van der Waals surface area contributed by atoms with E-state index >= 15 is 0 Å². The van der Waals surface area contributed by atoms with Crippen molar-refractivity contribution in [2.24, 2.45) is 0 Å². The van der Waals surface area contributed by atoms with Crippen LogP contribution in [0.15, 0.2) is 35.2 Å². The lowest BCUT2D eigenvalue weighted by atomic mass is 10.2. The fraction of sp³-hybridized carbons (Fsp3) is 0.389. The van der Waals surface area contributed by atoms with Crippen LogP contribution in [0.25, 0.3) is 0 Å². The average molecular weight is 358 g/mol. The molecule has 2 heterocycles. The molecule has 132 valence electrons. The molecule has 2 N–H and O–H groups in total. The molecular formula is C18H22N4O2S. The number of nitrogens with zero attached hydrogens (tertiary/aromatic N) is 2. The molecule has 2 amide bonds. The molecule has 0 saturated carbocycles. The normalized spacial score (nSPS) is 16.2. The third kappa shape index (κ3) is 4.42. The van der Waals surface area contributed by atoms with Gasteiger partial charge in [0.15, 0.2) is 0 Å². The highest BCUT2D eigenvalue weighted by Gasteiger charge is 2.28. The number of para-hydroxylation sites is 1. The molecule has 0 radical (unpaired) electrons. The van der Waals surface area contributed by atoms with Crippen molar-refractivity contribution < 1.29 is 9.59 Å². The van der Waals surface area contributed by atoms with E-state index in [0.29, 0.717) is 6.54 Å². The second kappa shape index (κ2) is 7.74. The lowest BCUT2D eigenvalue weighted by molar-refractivity contribution is -0.124. The van der Waals surface area contributed by atoms with Gasteiger partial charge in [0, 0.05) is 30.1 Å². The number of fused-ring (bicyclic) bond motifs is 1. The Hall–Kier alpha value is -2.28. The number of aryl methyl sites for hydroxylation is 3. The summed E-state index contributed by atoms with van der Waals surface area (Å²) in [5, 5.41) is 9.77. The number of nitrogens with one attached hydrogen (secondary N) is 2. The summed E-state index contributed by atoms with van der Waals surface area (Å²) in [6.07, 6.45) is 0.991. The number of carbonyl (C=O) groups is 2. The molecule has 0 fully saturated rings. The van der Waals surface area contributed by atoms with Crippen molar-refractivity contribution in [3.8, 4) is 0 Å². The number of benzene rings is 1. The molecule has 0 spiro atoms. The van der Waals surface area contributed by atoms with Gasteiger partial charge in [-0.2, -0.15) is 5.10 Å². The van der Waals surface area contributed by atoms with Crippen LogP contribution in [-0.4, -0.2) is 33.4 Å². The van der Waals surface area contributed by atoms with Crippen molar-refractivity contribution in [3.05, 3.63) is 41.7 Å². The molecule has 1 aromatic heterocycles. The van der Waals surface area contributed by atoms with Gasteiger partial charge in [-0.05, 0) is 38.5 Å². The van der Waals surface area contributed by atoms with Crippen LogP contribution < -0.4 is 10.6 Å². The van der Waals surface area contributed by atoms with E-state index < -0.39 is 0 Å². The third-order valence-corrected chi connectivity index (χ3v) is 5.32. The van der Waals surface area contributed by atoms with Gasteiger partial charge in [0.25, 0.3) is 0 Å². The highest BCUT2D eigenvalue weighted by Crippen LogP contribution is 2.36. The first-order valence-corrected chi connectivity index (χ1v) is 9.25. The van der Waals surface area contributed by atoms with Crippen LogP contribution in [-0.2, 0) is 16.1 Å². The van der Waals surface area contributed by atoms with E-state index in [0.717, 1.165) is 34.9 Å². The lowest BCUT2D eigenvalue weighted by Crippen LogP contribution is -2.35. The maximum Gasteiger partial charge on any atom is 0.238 e. The number of hydrogen-bond acceptors (Lipinski definition) is 4. The molecule has 0 unspecified atom stereocenters. The highest BCUT2D eigenvalue weighted by atomic mass is 32.2. The van der Waals surface area contributed by atoms with E-state index in [1.165, 1.54) is 11.8 Å². The minimum absolute atomic E-state index is 0.0969. The topological polar surface area (TPSA) is 76.0 Å². The van der Waals surface area contributed by atoms with Crippen molar-refractivity contribution >= 4 is 29.3 Å². The van der Waals surface area contributed by atoms with E-state index in [-0.39, 0.29) is 23.5 Å². The van der Waals surface area contributed by atoms with E-state index in [4.69, 9.17) is 0 Å². The average Bonchev–Trinajstić information content (AvgIpc) is 2.90. The van der Waals surface area contributed by atoms with Gasteiger partial charge in [0.1, 0.15) is 0 Å². The van der Waals surface area contributed by atoms with Crippen molar-refractivity contribution in [3.63, 3.8) is 0 Å². The number of carbonyl (C=O) groups excluding carboxylic acids is 2. The Kier molecular flexibility index (Phi) is 5.43. The predicted octanol–water partition coefficient (Wildman–Crippen LogP) is 2.51. The van der Waals surface area contributed by atoms with Gasteiger partial charge in [-0.1, -0.05) is 12.1 Å². The van der Waals surface area contributed by atoms with Crippen LogP contribution in [0.2, 0.25) is 0 Å². The Morgan fingerprint density at radius 1 is 1.36 bits per heavy atom. The number of thioether (sulfide) groups is 1.